The van der Waals surface area contributed by atoms with Crippen molar-refractivity contribution >= 4 is 0 Å². The number of hydrogen-bond donors (Lipinski definition) is 0. The van der Waals surface area contributed by atoms with E-state index in [1.54, 1.807) is 10.8 Å². The van der Waals surface area contributed by atoms with E-state index in [0.29, 0.717) is 0 Å². The minimum Gasteiger partial charge on any atom is -0.333 e. The predicted octanol–water partition coefficient (Wildman–Crippen LogP) is 0.831. The summed E-state index contributed by atoms with van der Waals surface area (Å²) in [7, 11) is 3.63. The standard InChI is InChI=1S/C5H7N2/c1-5-6-3-4-7(5)2/h3-4H,2H2,1H3. The molecule has 2 heteroatoms. The summed E-state index contributed by atoms with van der Waals surface area (Å²) in [6, 6.07) is 0. The summed E-state index contributed by atoms with van der Waals surface area (Å²) >= 11 is 0. The number of aryl methyl sites for hydroxylation is 1. The molecular weight excluding hydrogens is 88.1 g/mol. The molecule has 0 fully saturated rings. The third kappa shape index (κ3) is 0.633. The van der Waals surface area contributed by atoms with Crippen LogP contribution in [0.1, 0.15) is 5.82 Å². The fourth-order valence-electron chi connectivity index (χ4n) is 0.404. The largest absolute Gasteiger partial charge is 0.333 e. The number of aromatic nitrogens is 2. The van der Waals surface area contributed by atoms with Crippen LogP contribution in [0, 0.1) is 14.0 Å². The van der Waals surface area contributed by atoms with E-state index in [1.807, 2.05) is 13.1 Å². The number of rotatable bonds is 0. The van der Waals surface area contributed by atoms with E-state index in [9.17, 15) is 0 Å². The van der Waals surface area contributed by atoms with Gasteiger partial charge in [-0.05, 0) is 6.92 Å². The zero-order valence-corrected chi connectivity index (χ0v) is 4.26. The summed E-state index contributed by atoms with van der Waals surface area (Å²) in [6.45, 7) is 1.91. The fourth-order valence-corrected chi connectivity index (χ4v) is 0.404. The minimum absolute atomic E-state index is 0.944. The third-order valence-corrected chi connectivity index (χ3v) is 0.924. The molecule has 0 unspecified atom stereocenters. The Kier molecular flexibility index (Phi) is 0.855. The number of imidazole rings is 1. The van der Waals surface area contributed by atoms with Gasteiger partial charge in [-0.3, -0.25) is 0 Å². The molecule has 7 heavy (non-hydrogen) atoms. The van der Waals surface area contributed by atoms with Crippen molar-refractivity contribution in [3.05, 3.63) is 25.3 Å². The Hall–Kier alpha value is -0.790. The van der Waals surface area contributed by atoms with Crippen molar-refractivity contribution in [2.24, 2.45) is 0 Å². The van der Waals surface area contributed by atoms with Crippen LogP contribution in [-0.2, 0) is 0 Å². The van der Waals surface area contributed by atoms with Gasteiger partial charge in [-0.15, -0.1) is 0 Å². The van der Waals surface area contributed by atoms with E-state index >= 15 is 0 Å². The van der Waals surface area contributed by atoms with Gasteiger partial charge in [0.1, 0.15) is 5.82 Å². The Labute approximate surface area is 42.8 Å². The molecule has 0 saturated carbocycles. The van der Waals surface area contributed by atoms with Crippen LogP contribution in [0.3, 0.4) is 0 Å². The molecule has 1 rings (SSSR count). The van der Waals surface area contributed by atoms with Gasteiger partial charge in [0.25, 0.3) is 0 Å². The molecule has 0 aliphatic carbocycles. The average molecular weight is 95.1 g/mol. The first-order valence-electron chi connectivity index (χ1n) is 2.11. The summed E-state index contributed by atoms with van der Waals surface area (Å²) in [5.41, 5.74) is 0. The molecule has 0 atom stereocenters. The molecule has 0 aliphatic heterocycles. The van der Waals surface area contributed by atoms with Crippen LogP contribution in [0.15, 0.2) is 12.4 Å². The second kappa shape index (κ2) is 1.37. The molecule has 0 aromatic carbocycles. The highest BCUT2D eigenvalue weighted by molar-refractivity contribution is 4.88. The van der Waals surface area contributed by atoms with Crippen molar-refractivity contribution in [1.82, 2.24) is 9.55 Å². The van der Waals surface area contributed by atoms with E-state index in [-0.39, 0.29) is 0 Å². The molecule has 0 aliphatic rings. The molecule has 1 aromatic heterocycles. The first-order valence-corrected chi connectivity index (χ1v) is 2.11. The van der Waals surface area contributed by atoms with Gasteiger partial charge in [0.05, 0.1) is 0 Å². The van der Waals surface area contributed by atoms with Gasteiger partial charge in [0.2, 0.25) is 0 Å². The van der Waals surface area contributed by atoms with E-state index in [1.165, 1.54) is 0 Å². The lowest BCUT2D eigenvalue weighted by Gasteiger charge is -1.86. The topological polar surface area (TPSA) is 17.8 Å². The van der Waals surface area contributed by atoms with E-state index in [4.69, 9.17) is 0 Å². The minimum atomic E-state index is 0.944. The smallest absolute Gasteiger partial charge is 0.105 e. The van der Waals surface area contributed by atoms with Crippen molar-refractivity contribution in [1.29, 1.82) is 0 Å². The zero-order chi connectivity index (χ0) is 5.28. The lowest BCUT2D eigenvalue weighted by molar-refractivity contribution is 0.975. The molecule has 0 saturated heterocycles. The summed E-state index contributed by atoms with van der Waals surface area (Å²) in [4.78, 5) is 3.92. The van der Waals surface area contributed by atoms with Crippen molar-refractivity contribution in [3.8, 4) is 0 Å². The molecule has 2 nitrogen and oxygen atoms in total. The summed E-state index contributed by atoms with van der Waals surface area (Å²) in [6.07, 6.45) is 3.54. The van der Waals surface area contributed by atoms with Gasteiger partial charge >= 0.3 is 0 Å². The average Bonchev–Trinajstić information content (AvgIpc) is 1.91. The maximum atomic E-state index is 3.92. The van der Waals surface area contributed by atoms with Crippen molar-refractivity contribution in [3.63, 3.8) is 0 Å². The highest BCUT2D eigenvalue weighted by atomic mass is 15.0. The molecule has 1 aromatic rings. The molecule has 1 heterocycles. The monoisotopic (exact) mass is 95.1 g/mol. The highest BCUT2D eigenvalue weighted by Crippen LogP contribution is 1.88. The lowest BCUT2D eigenvalue weighted by Crippen LogP contribution is -1.84. The van der Waals surface area contributed by atoms with Crippen LogP contribution in [0.5, 0.6) is 0 Å². The number of hydrogen-bond acceptors (Lipinski definition) is 1. The molecule has 0 bridgehead atoms. The van der Waals surface area contributed by atoms with Gasteiger partial charge in [-0.1, -0.05) is 0 Å². The van der Waals surface area contributed by atoms with Gasteiger partial charge in [0, 0.05) is 19.4 Å². The van der Waals surface area contributed by atoms with Gasteiger partial charge in [0.15, 0.2) is 0 Å². The molecular formula is C5H7N2. The van der Waals surface area contributed by atoms with E-state index in [2.05, 4.69) is 12.0 Å². The van der Waals surface area contributed by atoms with Gasteiger partial charge < -0.3 is 4.57 Å². The van der Waals surface area contributed by atoms with Crippen LogP contribution in [0.2, 0.25) is 0 Å². The third-order valence-electron chi connectivity index (χ3n) is 0.924. The Morgan fingerprint density at radius 2 is 2.57 bits per heavy atom. The first-order chi connectivity index (χ1) is 3.30. The SMILES string of the molecule is [CH2]n1ccnc1C. The zero-order valence-electron chi connectivity index (χ0n) is 4.26. The van der Waals surface area contributed by atoms with Crippen LogP contribution in [0.25, 0.3) is 0 Å². The molecule has 0 amide bonds. The Balaban J connectivity index is 3.12. The second-order valence-corrected chi connectivity index (χ2v) is 1.44. The van der Waals surface area contributed by atoms with Crippen molar-refractivity contribution < 1.29 is 0 Å². The quantitative estimate of drug-likeness (QED) is 0.466. The maximum Gasteiger partial charge on any atom is 0.105 e. The van der Waals surface area contributed by atoms with Gasteiger partial charge in [-0.25, -0.2) is 4.98 Å². The highest BCUT2D eigenvalue weighted by Gasteiger charge is 1.84. The van der Waals surface area contributed by atoms with Crippen LogP contribution in [-0.4, -0.2) is 9.55 Å². The maximum absolute atomic E-state index is 3.92. The summed E-state index contributed by atoms with van der Waals surface area (Å²) in [5.74, 6) is 0.944. The summed E-state index contributed by atoms with van der Waals surface area (Å²) in [5, 5.41) is 0. The fraction of sp³-hybridized carbons (Fsp3) is 0.200. The molecule has 1 radical (unpaired) electrons. The van der Waals surface area contributed by atoms with Gasteiger partial charge in [-0.2, -0.15) is 0 Å². The van der Waals surface area contributed by atoms with Crippen molar-refractivity contribution in [2.45, 2.75) is 6.92 Å². The Morgan fingerprint density at radius 1 is 1.86 bits per heavy atom. The summed E-state index contributed by atoms with van der Waals surface area (Å²) < 4.78 is 1.72. The molecule has 0 spiro atoms. The van der Waals surface area contributed by atoms with Crippen LogP contribution in [0.4, 0.5) is 0 Å². The number of nitrogens with zero attached hydrogens (tertiary/aromatic N) is 2. The van der Waals surface area contributed by atoms with E-state index in [0.717, 1.165) is 5.82 Å². The molecule has 0 N–H and O–H groups in total. The second-order valence-electron chi connectivity index (χ2n) is 1.44. The van der Waals surface area contributed by atoms with E-state index < -0.39 is 0 Å². The molecule has 37 valence electrons. The first kappa shape index (κ1) is 4.37. The van der Waals surface area contributed by atoms with Crippen LogP contribution >= 0.6 is 0 Å². The van der Waals surface area contributed by atoms with Crippen molar-refractivity contribution in [2.75, 3.05) is 0 Å². The van der Waals surface area contributed by atoms with Crippen LogP contribution < -0.4 is 0 Å². The lowest BCUT2D eigenvalue weighted by atomic mass is 10.7. The Bertz CT molecular complexity index is 138. The Morgan fingerprint density at radius 3 is 2.71 bits per heavy atom. The normalized spacial score (nSPS) is 9.43. The predicted molar refractivity (Wildman–Crippen MR) is 27.7 cm³/mol.